The van der Waals surface area contributed by atoms with Crippen molar-refractivity contribution in [3.8, 4) is 0 Å². The lowest BCUT2D eigenvalue weighted by Gasteiger charge is -2.13. The van der Waals surface area contributed by atoms with Gasteiger partial charge in [-0.3, -0.25) is 5.32 Å². The molecule has 0 radical (unpaired) electrons. The number of hydrogen-bond acceptors (Lipinski definition) is 4. The summed E-state index contributed by atoms with van der Waals surface area (Å²) in [5, 5.41) is 5.02. The first-order chi connectivity index (χ1) is 11.9. The number of benzene rings is 2. The Hall–Kier alpha value is -2.26. The third-order valence-electron chi connectivity index (χ3n) is 3.30. The molecule has 0 aliphatic rings. The van der Waals surface area contributed by atoms with Crippen LogP contribution in [0, 0.1) is 0 Å². The predicted molar refractivity (Wildman–Crippen MR) is 95.5 cm³/mol. The molecule has 0 saturated heterocycles. The number of halogens is 3. The highest BCUT2D eigenvalue weighted by Crippen LogP contribution is 2.35. The average Bonchev–Trinajstić information content (AvgIpc) is 2.95. The summed E-state index contributed by atoms with van der Waals surface area (Å²) in [6, 6.07) is 9.72. The predicted octanol–water partition coefficient (Wildman–Crippen LogP) is 5.68. The van der Waals surface area contributed by atoms with E-state index in [-0.39, 0.29) is 5.69 Å². The molecule has 0 unspecified atom stereocenters. The van der Waals surface area contributed by atoms with Gasteiger partial charge in [0.05, 0.1) is 21.5 Å². The van der Waals surface area contributed by atoms with Gasteiger partial charge in [-0.15, -0.1) is 11.8 Å². The Morgan fingerprint density at radius 3 is 2.64 bits per heavy atom. The number of rotatable bonds is 3. The quantitative estimate of drug-likeness (QED) is 0.572. The minimum absolute atomic E-state index is 0.307. The Labute approximate surface area is 149 Å². The van der Waals surface area contributed by atoms with Gasteiger partial charge in [-0.1, -0.05) is 23.5 Å². The SMILES string of the molecule is CSc1ccc2nc(NC(=O)Nc3ccccc3C(F)(F)F)sc2c1. The topological polar surface area (TPSA) is 54.0 Å². The van der Waals surface area contributed by atoms with Gasteiger partial charge in [0.15, 0.2) is 5.13 Å². The first kappa shape index (κ1) is 17.6. The fourth-order valence-electron chi connectivity index (χ4n) is 2.18. The molecule has 0 aliphatic carbocycles. The molecule has 4 nitrogen and oxygen atoms in total. The third-order valence-corrected chi connectivity index (χ3v) is 4.96. The minimum Gasteiger partial charge on any atom is -0.307 e. The molecule has 0 atom stereocenters. The maximum Gasteiger partial charge on any atom is 0.418 e. The highest BCUT2D eigenvalue weighted by molar-refractivity contribution is 7.98. The summed E-state index contributed by atoms with van der Waals surface area (Å²) in [6.45, 7) is 0. The van der Waals surface area contributed by atoms with E-state index in [2.05, 4.69) is 15.6 Å². The molecule has 25 heavy (non-hydrogen) atoms. The van der Waals surface area contributed by atoms with Crippen molar-refractivity contribution in [2.75, 3.05) is 16.9 Å². The smallest absolute Gasteiger partial charge is 0.307 e. The third kappa shape index (κ3) is 4.05. The molecule has 9 heteroatoms. The van der Waals surface area contributed by atoms with Gasteiger partial charge in [-0.05, 0) is 36.6 Å². The van der Waals surface area contributed by atoms with Crippen LogP contribution in [0.4, 0.5) is 28.8 Å². The number of fused-ring (bicyclic) bond motifs is 1. The van der Waals surface area contributed by atoms with Crippen LogP contribution in [0.2, 0.25) is 0 Å². The summed E-state index contributed by atoms with van der Waals surface area (Å²) < 4.78 is 39.7. The molecule has 0 bridgehead atoms. The van der Waals surface area contributed by atoms with Crippen LogP contribution in [0.15, 0.2) is 47.4 Å². The van der Waals surface area contributed by atoms with Gasteiger partial charge in [0.2, 0.25) is 0 Å². The van der Waals surface area contributed by atoms with Crippen molar-refractivity contribution in [3.63, 3.8) is 0 Å². The monoisotopic (exact) mass is 383 g/mol. The molecule has 2 aromatic carbocycles. The summed E-state index contributed by atoms with van der Waals surface area (Å²) in [5.41, 5.74) is -0.494. The fraction of sp³-hybridized carbons (Fsp3) is 0.125. The standard InChI is InChI=1S/C16H12F3N3OS2/c1-24-9-6-7-12-13(8-9)25-15(21-12)22-14(23)20-11-5-3-2-4-10(11)16(17,18)19/h2-8H,1H3,(H2,20,21,22,23). The van der Waals surface area contributed by atoms with Crippen molar-refractivity contribution >= 4 is 50.2 Å². The van der Waals surface area contributed by atoms with Crippen LogP contribution in [-0.2, 0) is 6.18 Å². The largest absolute Gasteiger partial charge is 0.418 e. The molecule has 3 aromatic rings. The van der Waals surface area contributed by atoms with Gasteiger partial charge >= 0.3 is 12.2 Å². The minimum atomic E-state index is -4.55. The van der Waals surface area contributed by atoms with Gasteiger partial charge in [0.25, 0.3) is 0 Å². The number of urea groups is 1. The Morgan fingerprint density at radius 2 is 1.92 bits per heavy atom. The van der Waals surface area contributed by atoms with Crippen LogP contribution in [0.5, 0.6) is 0 Å². The molecule has 0 aliphatic heterocycles. The van der Waals surface area contributed by atoms with Gasteiger partial charge in [0, 0.05) is 4.90 Å². The second-order valence-electron chi connectivity index (χ2n) is 4.98. The van der Waals surface area contributed by atoms with E-state index in [1.807, 2.05) is 24.5 Å². The van der Waals surface area contributed by atoms with Gasteiger partial charge in [-0.25, -0.2) is 9.78 Å². The number of carbonyl (C=O) groups is 1. The zero-order valence-corrected chi connectivity index (χ0v) is 14.5. The molecule has 0 fully saturated rings. The van der Waals surface area contributed by atoms with E-state index in [0.29, 0.717) is 10.6 Å². The van der Waals surface area contributed by atoms with E-state index in [1.54, 1.807) is 11.8 Å². The number of aromatic nitrogens is 1. The number of hydrogen-bond donors (Lipinski definition) is 2. The number of nitrogens with one attached hydrogen (secondary N) is 2. The number of nitrogens with zero attached hydrogens (tertiary/aromatic N) is 1. The van der Waals surface area contributed by atoms with Gasteiger partial charge in [0.1, 0.15) is 0 Å². The molecule has 0 spiro atoms. The summed E-state index contributed by atoms with van der Waals surface area (Å²) >= 11 is 2.84. The zero-order valence-electron chi connectivity index (χ0n) is 12.8. The van der Waals surface area contributed by atoms with Crippen LogP contribution in [0.3, 0.4) is 0 Å². The average molecular weight is 383 g/mol. The Bertz CT molecular complexity index is 924. The van der Waals surface area contributed by atoms with Crippen molar-refractivity contribution in [2.45, 2.75) is 11.1 Å². The van der Waals surface area contributed by atoms with Gasteiger partial charge < -0.3 is 5.32 Å². The van der Waals surface area contributed by atoms with E-state index in [4.69, 9.17) is 0 Å². The first-order valence-electron chi connectivity index (χ1n) is 7.05. The fourth-order valence-corrected chi connectivity index (χ4v) is 3.59. The maximum absolute atomic E-state index is 13.0. The van der Waals surface area contributed by atoms with Gasteiger partial charge in [-0.2, -0.15) is 13.2 Å². The number of anilines is 2. The van der Waals surface area contributed by atoms with Crippen molar-refractivity contribution in [1.82, 2.24) is 4.98 Å². The maximum atomic E-state index is 13.0. The molecule has 2 N–H and O–H groups in total. The van der Waals surface area contributed by atoms with Crippen molar-refractivity contribution in [3.05, 3.63) is 48.0 Å². The Kier molecular flexibility index (Phi) is 4.87. The molecule has 1 aromatic heterocycles. The Morgan fingerprint density at radius 1 is 1.16 bits per heavy atom. The van der Waals surface area contributed by atoms with Crippen LogP contribution in [0.25, 0.3) is 10.2 Å². The number of para-hydroxylation sites is 1. The number of thiazole rings is 1. The van der Waals surface area contributed by atoms with E-state index >= 15 is 0 Å². The first-order valence-corrected chi connectivity index (χ1v) is 9.10. The van der Waals surface area contributed by atoms with E-state index in [0.717, 1.165) is 15.7 Å². The lowest BCUT2D eigenvalue weighted by molar-refractivity contribution is -0.136. The number of amides is 2. The van der Waals surface area contributed by atoms with Crippen molar-refractivity contribution in [2.24, 2.45) is 0 Å². The number of thioether (sulfide) groups is 1. The summed E-state index contributed by atoms with van der Waals surface area (Å²) in [4.78, 5) is 17.4. The number of alkyl halides is 3. The number of carbonyl (C=O) groups excluding carboxylic acids is 1. The van der Waals surface area contributed by atoms with Crippen LogP contribution in [-0.4, -0.2) is 17.3 Å². The van der Waals surface area contributed by atoms with Crippen LogP contribution >= 0.6 is 23.1 Å². The van der Waals surface area contributed by atoms with E-state index in [1.165, 1.54) is 29.5 Å². The van der Waals surface area contributed by atoms with Crippen LogP contribution in [0.1, 0.15) is 5.56 Å². The highest BCUT2D eigenvalue weighted by atomic mass is 32.2. The highest BCUT2D eigenvalue weighted by Gasteiger charge is 2.33. The second-order valence-corrected chi connectivity index (χ2v) is 6.89. The molecular formula is C16H12F3N3OS2. The lowest BCUT2D eigenvalue weighted by atomic mass is 10.1. The molecule has 3 rings (SSSR count). The molecular weight excluding hydrogens is 371 g/mol. The molecule has 130 valence electrons. The second kappa shape index (κ2) is 6.93. The molecule has 0 saturated carbocycles. The summed E-state index contributed by atoms with van der Waals surface area (Å²) in [5.74, 6) is 0. The van der Waals surface area contributed by atoms with Crippen molar-refractivity contribution < 1.29 is 18.0 Å². The Balaban J connectivity index is 1.77. The summed E-state index contributed by atoms with van der Waals surface area (Å²) in [6.07, 6.45) is -2.60. The van der Waals surface area contributed by atoms with Crippen molar-refractivity contribution in [1.29, 1.82) is 0 Å². The normalized spacial score (nSPS) is 11.5. The molecule has 1 heterocycles. The van der Waals surface area contributed by atoms with Crippen LogP contribution < -0.4 is 10.6 Å². The zero-order chi connectivity index (χ0) is 18.0. The van der Waals surface area contributed by atoms with E-state index < -0.39 is 17.8 Å². The summed E-state index contributed by atoms with van der Waals surface area (Å²) in [7, 11) is 0. The molecule has 2 amide bonds. The van der Waals surface area contributed by atoms with E-state index in [9.17, 15) is 18.0 Å². The lowest BCUT2D eigenvalue weighted by Crippen LogP contribution is -2.21.